The van der Waals surface area contributed by atoms with Crippen molar-refractivity contribution >= 4 is 0 Å². The fraction of sp³-hybridized carbons (Fsp3) is 0.667. The summed E-state index contributed by atoms with van der Waals surface area (Å²) in [5, 5.41) is 3.57. The van der Waals surface area contributed by atoms with Crippen molar-refractivity contribution in [1.29, 1.82) is 0 Å². The molecule has 0 unspecified atom stereocenters. The van der Waals surface area contributed by atoms with Gasteiger partial charge in [0, 0.05) is 0 Å². The van der Waals surface area contributed by atoms with Gasteiger partial charge in [0.25, 0.3) is 6.43 Å². The molecule has 14 heavy (non-hydrogen) atoms. The third-order valence-corrected chi connectivity index (χ3v) is 1.91. The van der Waals surface area contributed by atoms with Gasteiger partial charge in [-0.15, -0.1) is 0 Å². The molecule has 1 rings (SSSR count). The topological polar surface area (TPSA) is 17.8 Å². The maximum absolute atomic E-state index is 13.2. The molecule has 0 spiro atoms. The first kappa shape index (κ1) is 11.1. The first-order chi connectivity index (χ1) is 6.25. The number of hydrogen-bond donors (Lipinski definition) is 0. The van der Waals surface area contributed by atoms with E-state index in [1.54, 1.807) is 20.8 Å². The molecule has 1 aromatic rings. The molecule has 0 N–H and O–H groups in total. The number of halogens is 3. The molecule has 0 atom stereocenters. The van der Waals surface area contributed by atoms with Crippen LogP contribution in [0.15, 0.2) is 0 Å². The van der Waals surface area contributed by atoms with Crippen molar-refractivity contribution in [2.45, 2.75) is 39.7 Å². The Labute approximate surface area is 80.7 Å². The van der Waals surface area contributed by atoms with Gasteiger partial charge in [0.2, 0.25) is 0 Å². The van der Waals surface area contributed by atoms with Crippen molar-refractivity contribution in [1.82, 2.24) is 9.78 Å². The molecule has 0 aliphatic carbocycles. The van der Waals surface area contributed by atoms with Gasteiger partial charge in [0.15, 0.2) is 11.5 Å². The van der Waals surface area contributed by atoms with E-state index in [-0.39, 0.29) is 5.69 Å². The SMILES string of the molecule is Cc1c(F)c(C(F)F)nn1C(C)(C)C. The van der Waals surface area contributed by atoms with E-state index in [0.717, 1.165) is 0 Å². The summed E-state index contributed by atoms with van der Waals surface area (Å²) in [4.78, 5) is 0. The van der Waals surface area contributed by atoms with Gasteiger partial charge in [-0.2, -0.15) is 5.10 Å². The van der Waals surface area contributed by atoms with Gasteiger partial charge in [0.05, 0.1) is 11.2 Å². The molecular formula is C9H13F3N2. The van der Waals surface area contributed by atoms with Crippen LogP contribution in [0.4, 0.5) is 13.2 Å². The summed E-state index contributed by atoms with van der Waals surface area (Å²) in [5.41, 5.74) is -1.11. The van der Waals surface area contributed by atoms with Gasteiger partial charge in [-0.25, -0.2) is 13.2 Å². The summed E-state index contributed by atoms with van der Waals surface area (Å²) >= 11 is 0. The average Bonchev–Trinajstić information content (AvgIpc) is 2.28. The molecule has 1 heterocycles. The third-order valence-electron chi connectivity index (χ3n) is 1.91. The summed E-state index contributed by atoms with van der Waals surface area (Å²) < 4.78 is 39.1. The second kappa shape index (κ2) is 3.29. The van der Waals surface area contributed by atoms with Crippen LogP contribution in [0.2, 0.25) is 0 Å². The molecule has 0 saturated carbocycles. The molecule has 2 nitrogen and oxygen atoms in total. The molecule has 0 amide bonds. The highest BCUT2D eigenvalue weighted by molar-refractivity contribution is 5.14. The van der Waals surface area contributed by atoms with E-state index in [1.165, 1.54) is 11.6 Å². The van der Waals surface area contributed by atoms with E-state index in [2.05, 4.69) is 5.10 Å². The van der Waals surface area contributed by atoms with Crippen LogP contribution in [-0.4, -0.2) is 9.78 Å². The van der Waals surface area contributed by atoms with Gasteiger partial charge in [-0.1, -0.05) is 0 Å². The summed E-state index contributed by atoms with van der Waals surface area (Å²) in [7, 11) is 0. The van der Waals surface area contributed by atoms with Gasteiger partial charge in [-0.3, -0.25) is 4.68 Å². The van der Waals surface area contributed by atoms with E-state index in [1.807, 2.05) is 0 Å². The Bertz CT molecular complexity index is 337. The van der Waals surface area contributed by atoms with Crippen molar-refractivity contribution in [3.05, 3.63) is 17.2 Å². The van der Waals surface area contributed by atoms with Crippen LogP contribution >= 0.6 is 0 Å². The summed E-state index contributed by atoms with van der Waals surface area (Å²) in [6.07, 6.45) is -2.86. The Morgan fingerprint density at radius 1 is 1.29 bits per heavy atom. The Kier molecular flexibility index (Phi) is 2.61. The molecule has 0 aromatic carbocycles. The maximum Gasteiger partial charge on any atom is 0.285 e. The van der Waals surface area contributed by atoms with Gasteiger partial charge in [-0.05, 0) is 27.7 Å². The van der Waals surface area contributed by atoms with E-state index in [4.69, 9.17) is 0 Å². The molecule has 0 bridgehead atoms. The Morgan fingerprint density at radius 2 is 1.79 bits per heavy atom. The smallest absolute Gasteiger partial charge is 0.261 e. The molecule has 5 heteroatoms. The van der Waals surface area contributed by atoms with E-state index in [9.17, 15) is 13.2 Å². The fourth-order valence-corrected chi connectivity index (χ4v) is 1.30. The van der Waals surface area contributed by atoms with Crippen LogP contribution in [0.25, 0.3) is 0 Å². The minimum Gasteiger partial charge on any atom is -0.261 e. The minimum atomic E-state index is -2.86. The zero-order valence-electron chi connectivity index (χ0n) is 8.61. The lowest BCUT2D eigenvalue weighted by Crippen LogP contribution is -2.24. The minimum absolute atomic E-state index is 0.146. The Hall–Kier alpha value is -1.00. The largest absolute Gasteiger partial charge is 0.285 e. The van der Waals surface area contributed by atoms with Gasteiger partial charge in [0.1, 0.15) is 0 Å². The summed E-state index contributed by atoms with van der Waals surface area (Å²) in [6, 6.07) is 0. The highest BCUT2D eigenvalue weighted by atomic mass is 19.3. The van der Waals surface area contributed by atoms with E-state index in [0.29, 0.717) is 0 Å². The quantitative estimate of drug-likeness (QED) is 0.690. The molecule has 0 saturated heterocycles. The predicted molar refractivity (Wildman–Crippen MR) is 46.9 cm³/mol. The normalized spacial score (nSPS) is 12.6. The molecule has 80 valence electrons. The van der Waals surface area contributed by atoms with Crippen molar-refractivity contribution < 1.29 is 13.2 Å². The lowest BCUT2D eigenvalue weighted by atomic mass is 10.1. The molecular weight excluding hydrogens is 193 g/mol. The first-order valence-corrected chi connectivity index (χ1v) is 4.28. The van der Waals surface area contributed by atoms with Crippen molar-refractivity contribution in [2.24, 2.45) is 0 Å². The average molecular weight is 206 g/mol. The Morgan fingerprint density at radius 3 is 2.00 bits per heavy atom. The van der Waals surface area contributed by atoms with Crippen LogP contribution in [0.3, 0.4) is 0 Å². The summed E-state index contributed by atoms with van der Waals surface area (Å²) in [5.74, 6) is -0.907. The van der Waals surface area contributed by atoms with E-state index >= 15 is 0 Å². The third kappa shape index (κ3) is 1.76. The Balaban J connectivity index is 3.29. The van der Waals surface area contributed by atoms with Crippen molar-refractivity contribution in [2.75, 3.05) is 0 Å². The predicted octanol–water partition coefficient (Wildman–Crippen LogP) is 3.02. The molecule has 0 fully saturated rings. The number of hydrogen-bond acceptors (Lipinski definition) is 1. The fourth-order valence-electron chi connectivity index (χ4n) is 1.30. The monoisotopic (exact) mass is 206 g/mol. The molecule has 1 aromatic heterocycles. The maximum atomic E-state index is 13.2. The van der Waals surface area contributed by atoms with Crippen molar-refractivity contribution in [3.8, 4) is 0 Å². The van der Waals surface area contributed by atoms with Gasteiger partial charge < -0.3 is 0 Å². The molecule has 0 aliphatic rings. The zero-order valence-corrected chi connectivity index (χ0v) is 8.61. The lowest BCUT2D eigenvalue weighted by Gasteiger charge is -2.20. The number of aromatic nitrogens is 2. The number of nitrogens with zero attached hydrogens (tertiary/aromatic N) is 2. The van der Waals surface area contributed by atoms with Crippen LogP contribution in [0, 0.1) is 12.7 Å². The second-order valence-corrected chi connectivity index (χ2v) is 4.17. The second-order valence-electron chi connectivity index (χ2n) is 4.17. The number of rotatable bonds is 1. The van der Waals surface area contributed by atoms with Crippen molar-refractivity contribution in [3.63, 3.8) is 0 Å². The first-order valence-electron chi connectivity index (χ1n) is 4.28. The molecule has 0 radical (unpaired) electrons. The highest BCUT2D eigenvalue weighted by Crippen LogP contribution is 2.26. The van der Waals surface area contributed by atoms with Gasteiger partial charge >= 0.3 is 0 Å². The zero-order chi connectivity index (χ0) is 11.1. The van der Waals surface area contributed by atoms with Crippen LogP contribution in [0.5, 0.6) is 0 Å². The van der Waals surface area contributed by atoms with E-state index < -0.39 is 23.5 Å². The standard InChI is InChI=1S/C9H13F3N2/c1-5-6(10)7(8(11)12)13-14(5)9(2,3)4/h8H,1-4H3. The highest BCUT2D eigenvalue weighted by Gasteiger charge is 2.26. The number of alkyl halides is 2. The van der Waals surface area contributed by atoms with Crippen LogP contribution in [0.1, 0.15) is 38.6 Å². The van der Waals surface area contributed by atoms with Crippen LogP contribution in [-0.2, 0) is 5.54 Å². The molecule has 0 aliphatic heterocycles. The summed E-state index contributed by atoms with van der Waals surface area (Å²) in [6.45, 7) is 6.78. The lowest BCUT2D eigenvalue weighted by molar-refractivity contribution is 0.139. The van der Waals surface area contributed by atoms with Crippen LogP contribution < -0.4 is 0 Å².